The van der Waals surface area contributed by atoms with Crippen LogP contribution in [0.5, 0.6) is 16.7 Å². The maximum absolute atomic E-state index is 11.1. The molecule has 6 heteroatoms. The molecule has 0 atom stereocenters. The van der Waals surface area contributed by atoms with Crippen LogP contribution >= 0.6 is 11.3 Å². The Hall–Kier alpha value is -2.08. The number of methoxy groups -OCH3 is 1. The molecule has 0 amide bonds. The SMILES string of the molecule is COc1ccc(C(=O)O)c(Oc2nc(C)c(C)s2)c1. The van der Waals surface area contributed by atoms with E-state index >= 15 is 0 Å². The van der Waals surface area contributed by atoms with Crippen molar-refractivity contribution in [2.24, 2.45) is 0 Å². The van der Waals surface area contributed by atoms with Crippen LogP contribution in [0.25, 0.3) is 0 Å². The normalized spacial score (nSPS) is 10.3. The van der Waals surface area contributed by atoms with E-state index in [1.807, 2.05) is 13.8 Å². The molecule has 2 rings (SSSR count). The smallest absolute Gasteiger partial charge is 0.339 e. The summed E-state index contributed by atoms with van der Waals surface area (Å²) in [5.74, 6) is -0.298. The number of ether oxygens (including phenoxy) is 2. The van der Waals surface area contributed by atoms with Gasteiger partial charge in [0.1, 0.15) is 17.1 Å². The van der Waals surface area contributed by atoms with E-state index in [0.29, 0.717) is 10.9 Å². The van der Waals surface area contributed by atoms with E-state index in [4.69, 9.17) is 14.6 Å². The van der Waals surface area contributed by atoms with E-state index < -0.39 is 5.97 Å². The molecular weight excluding hydrogens is 266 g/mol. The number of hydrogen-bond donors (Lipinski definition) is 1. The Morgan fingerprint density at radius 1 is 1.37 bits per heavy atom. The molecule has 2 aromatic rings. The molecule has 100 valence electrons. The Morgan fingerprint density at radius 2 is 2.11 bits per heavy atom. The summed E-state index contributed by atoms with van der Waals surface area (Å²) < 4.78 is 10.6. The Balaban J connectivity index is 2.39. The largest absolute Gasteiger partial charge is 0.497 e. The topological polar surface area (TPSA) is 68.7 Å². The molecule has 0 radical (unpaired) electrons. The molecular formula is C13H13NO4S. The van der Waals surface area contributed by atoms with Gasteiger partial charge in [-0.2, -0.15) is 0 Å². The third-order valence-corrected chi connectivity index (χ3v) is 3.58. The van der Waals surface area contributed by atoms with Crippen LogP contribution in [0, 0.1) is 13.8 Å². The lowest BCUT2D eigenvalue weighted by Crippen LogP contribution is -2.00. The fraction of sp³-hybridized carbons (Fsp3) is 0.231. The third kappa shape index (κ3) is 2.85. The first-order chi connectivity index (χ1) is 9.01. The average molecular weight is 279 g/mol. The number of aryl methyl sites for hydroxylation is 2. The van der Waals surface area contributed by atoms with E-state index in [9.17, 15) is 4.79 Å². The molecule has 0 unspecified atom stereocenters. The summed E-state index contributed by atoms with van der Waals surface area (Å²) in [6, 6.07) is 4.56. The molecule has 0 aliphatic rings. The first kappa shape index (κ1) is 13.4. The van der Waals surface area contributed by atoms with Crippen LogP contribution in [-0.4, -0.2) is 23.2 Å². The summed E-state index contributed by atoms with van der Waals surface area (Å²) in [7, 11) is 1.51. The summed E-state index contributed by atoms with van der Waals surface area (Å²) in [5, 5.41) is 9.55. The highest BCUT2D eigenvalue weighted by atomic mass is 32.1. The number of carboxylic acid groups (broad SMARTS) is 1. The maximum Gasteiger partial charge on any atom is 0.339 e. The molecule has 1 heterocycles. The highest BCUT2D eigenvalue weighted by Crippen LogP contribution is 2.32. The molecule has 0 saturated carbocycles. The molecule has 0 aliphatic heterocycles. The van der Waals surface area contributed by atoms with Crippen LogP contribution in [0.3, 0.4) is 0 Å². The lowest BCUT2D eigenvalue weighted by Gasteiger charge is -2.07. The Bertz CT molecular complexity index is 602. The number of aromatic carboxylic acids is 1. The van der Waals surface area contributed by atoms with Crippen LogP contribution in [0.15, 0.2) is 18.2 Å². The van der Waals surface area contributed by atoms with Crippen LogP contribution < -0.4 is 9.47 Å². The molecule has 1 N–H and O–H groups in total. The van der Waals surface area contributed by atoms with Crippen LogP contribution in [0.2, 0.25) is 0 Å². The van der Waals surface area contributed by atoms with Gasteiger partial charge in [0, 0.05) is 10.9 Å². The van der Waals surface area contributed by atoms with Crippen molar-refractivity contribution in [3.05, 3.63) is 34.3 Å². The van der Waals surface area contributed by atoms with Crippen molar-refractivity contribution in [2.45, 2.75) is 13.8 Å². The predicted molar refractivity (Wildman–Crippen MR) is 71.6 cm³/mol. The third-order valence-electron chi connectivity index (χ3n) is 2.63. The van der Waals surface area contributed by atoms with Gasteiger partial charge < -0.3 is 14.6 Å². The van der Waals surface area contributed by atoms with E-state index in [1.54, 1.807) is 6.07 Å². The van der Waals surface area contributed by atoms with Gasteiger partial charge in [-0.25, -0.2) is 9.78 Å². The fourth-order valence-corrected chi connectivity index (χ4v) is 2.24. The number of aromatic nitrogens is 1. The second kappa shape index (κ2) is 5.27. The molecule has 0 saturated heterocycles. The van der Waals surface area contributed by atoms with Gasteiger partial charge in [-0.1, -0.05) is 11.3 Å². The van der Waals surface area contributed by atoms with Gasteiger partial charge in [0.2, 0.25) is 0 Å². The highest BCUT2D eigenvalue weighted by Gasteiger charge is 2.15. The first-order valence-corrected chi connectivity index (χ1v) is 6.36. The summed E-state index contributed by atoms with van der Waals surface area (Å²) in [6.07, 6.45) is 0. The zero-order chi connectivity index (χ0) is 14.0. The predicted octanol–water partition coefficient (Wildman–Crippen LogP) is 3.26. The number of rotatable bonds is 4. The molecule has 0 fully saturated rings. The van der Waals surface area contributed by atoms with Gasteiger partial charge in [-0.05, 0) is 26.0 Å². The molecule has 19 heavy (non-hydrogen) atoms. The van der Waals surface area contributed by atoms with Gasteiger partial charge in [-0.3, -0.25) is 0 Å². The number of benzene rings is 1. The number of carboxylic acids is 1. The van der Waals surface area contributed by atoms with E-state index in [0.717, 1.165) is 10.6 Å². The molecule has 1 aromatic heterocycles. The van der Waals surface area contributed by atoms with E-state index in [1.165, 1.54) is 30.6 Å². The monoisotopic (exact) mass is 279 g/mol. The average Bonchev–Trinajstić information content (AvgIpc) is 2.67. The molecule has 1 aromatic carbocycles. The van der Waals surface area contributed by atoms with E-state index in [-0.39, 0.29) is 11.3 Å². The standard InChI is InChI=1S/C13H13NO4S/c1-7-8(2)19-13(14-7)18-11-6-9(17-3)4-5-10(11)12(15)16/h4-6H,1-3H3,(H,15,16). The Kier molecular flexibility index (Phi) is 3.71. The van der Waals surface area contributed by atoms with Crippen molar-refractivity contribution in [1.29, 1.82) is 0 Å². The van der Waals surface area contributed by atoms with Crippen LogP contribution in [0.4, 0.5) is 0 Å². The van der Waals surface area contributed by atoms with Crippen molar-refractivity contribution in [1.82, 2.24) is 4.98 Å². The lowest BCUT2D eigenvalue weighted by molar-refractivity contribution is 0.0694. The molecule has 0 aliphatic carbocycles. The Labute approximate surface area is 114 Å². The number of carbonyl (C=O) groups is 1. The van der Waals surface area contributed by atoms with Gasteiger partial charge in [0.05, 0.1) is 12.8 Å². The second-order valence-corrected chi connectivity index (χ2v) is 5.06. The summed E-state index contributed by atoms with van der Waals surface area (Å²) in [6.45, 7) is 3.81. The van der Waals surface area contributed by atoms with Crippen molar-refractivity contribution in [3.63, 3.8) is 0 Å². The first-order valence-electron chi connectivity index (χ1n) is 5.54. The highest BCUT2D eigenvalue weighted by molar-refractivity contribution is 7.13. The van der Waals surface area contributed by atoms with Crippen molar-refractivity contribution in [3.8, 4) is 16.7 Å². The van der Waals surface area contributed by atoms with Gasteiger partial charge in [0.15, 0.2) is 0 Å². The maximum atomic E-state index is 11.1. The quantitative estimate of drug-likeness (QED) is 0.930. The minimum atomic E-state index is -1.05. The van der Waals surface area contributed by atoms with Crippen LogP contribution in [-0.2, 0) is 0 Å². The number of nitrogens with zero attached hydrogens (tertiary/aromatic N) is 1. The zero-order valence-electron chi connectivity index (χ0n) is 10.8. The van der Waals surface area contributed by atoms with Gasteiger partial charge in [0.25, 0.3) is 5.19 Å². The minimum Gasteiger partial charge on any atom is -0.497 e. The lowest BCUT2D eigenvalue weighted by atomic mass is 10.2. The zero-order valence-corrected chi connectivity index (χ0v) is 11.6. The number of hydrogen-bond acceptors (Lipinski definition) is 5. The van der Waals surface area contributed by atoms with Crippen molar-refractivity contribution >= 4 is 17.3 Å². The summed E-state index contributed by atoms with van der Waals surface area (Å²) >= 11 is 1.38. The second-order valence-electron chi connectivity index (χ2n) is 3.89. The number of thiazole rings is 1. The molecule has 5 nitrogen and oxygen atoms in total. The van der Waals surface area contributed by atoms with Gasteiger partial charge in [-0.15, -0.1) is 0 Å². The van der Waals surface area contributed by atoms with Crippen molar-refractivity contribution in [2.75, 3.05) is 7.11 Å². The minimum absolute atomic E-state index is 0.0753. The van der Waals surface area contributed by atoms with E-state index in [2.05, 4.69) is 4.98 Å². The van der Waals surface area contributed by atoms with Crippen molar-refractivity contribution < 1.29 is 19.4 Å². The summed E-state index contributed by atoms with van der Waals surface area (Å²) in [5.41, 5.74) is 0.950. The molecule has 0 spiro atoms. The summed E-state index contributed by atoms with van der Waals surface area (Å²) in [4.78, 5) is 16.4. The molecule has 0 bridgehead atoms. The Morgan fingerprint density at radius 3 is 2.63 bits per heavy atom. The van der Waals surface area contributed by atoms with Gasteiger partial charge >= 0.3 is 5.97 Å². The fourth-order valence-electron chi connectivity index (χ4n) is 1.47. The van der Waals surface area contributed by atoms with Crippen LogP contribution in [0.1, 0.15) is 20.9 Å².